The number of likely N-dealkylation sites (N-methyl/N-ethyl adjacent to an activating group) is 1. The minimum absolute atomic E-state index is 0.227. The number of rotatable bonds is 8. The third-order valence-electron chi connectivity index (χ3n) is 6.60. The molecule has 0 aliphatic heterocycles. The molecule has 0 saturated heterocycles. The summed E-state index contributed by atoms with van der Waals surface area (Å²) in [6, 6.07) is 13.1. The van der Waals surface area contributed by atoms with Gasteiger partial charge >= 0.3 is 5.69 Å². The van der Waals surface area contributed by atoms with Gasteiger partial charge in [-0.3, -0.25) is 14.2 Å². The van der Waals surface area contributed by atoms with Crippen LogP contribution in [0.15, 0.2) is 80.8 Å². The number of amides is 1. The summed E-state index contributed by atoms with van der Waals surface area (Å²) in [4.78, 5) is 46.8. The van der Waals surface area contributed by atoms with Crippen LogP contribution in [-0.2, 0) is 24.4 Å². The number of hydrogen-bond donors (Lipinski definition) is 0. The van der Waals surface area contributed by atoms with Crippen molar-refractivity contribution in [2.24, 2.45) is 0 Å². The van der Waals surface area contributed by atoms with Crippen LogP contribution in [0.2, 0.25) is 0 Å². The predicted molar refractivity (Wildman–Crippen MR) is 136 cm³/mol. The van der Waals surface area contributed by atoms with Crippen LogP contribution in [0.4, 0.5) is 0 Å². The van der Waals surface area contributed by atoms with Crippen LogP contribution in [0.3, 0.4) is 0 Å². The van der Waals surface area contributed by atoms with Gasteiger partial charge in [0.2, 0.25) is 5.91 Å². The Balaban J connectivity index is 1.61. The average Bonchev–Trinajstić information content (AvgIpc) is 3.57. The molecule has 9 heteroatoms. The number of fused-ring (bicyclic) bond motifs is 1. The van der Waals surface area contributed by atoms with Crippen molar-refractivity contribution in [3.8, 4) is 0 Å². The molecule has 36 heavy (non-hydrogen) atoms. The summed E-state index contributed by atoms with van der Waals surface area (Å²) < 4.78 is 9.63. The van der Waals surface area contributed by atoms with Crippen LogP contribution >= 0.6 is 0 Å². The second-order valence-corrected chi connectivity index (χ2v) is 8.95. The quantitative estimate of drug-likeness (QED) is 0.380. The molecule has 1 aliphatic rings. The fourth-order valence-corrected chi connectivity index (χ4v) is 4.80. The molecule has 0 N–H and O–H groups in total. The van der Waals surface area contributed by atoms with Gasteiger partial charge in [0.15, 0.2) is 11.2 Å². The summed E-state index contributed by atoms with van der Waals surface area (Å²) in [6.07, 6.45) is 9.07. The van der Waals surface area contributed by atoms with Gasteiger partial charge in [0.25, 0.3) is 5.56 Å². The Morgan fingerprint density at radius 3 is 2.58 bits per heavy atom. The average molecular weight is 488 g/mol. The summed E-state index contributed by atoms with van der Waals surface area (Å²) in [5, 5.41) is 0. The molecule has 3 heterocycles. The number of imidazole rings is 1. The Kier molecular flexibility index (Phi) is 6.71. The number of nitrogens with zero attached hydrogens (tertiary/aromatic N) is 5. The molecule has 1 aliphatic carbocycles. The van der Waals surface area contributed by atoms with E-state index in [1.165, 1.54) is 10.9 Å². The number of benzene rings is 1. The van der Waals surface area contributed by atoms with E-state index in [2.05, 4.69) is 11.1 Å². The Morgan fingerprint density at radius 1 is 1.06 bits per heavy atom. The van der Waals surface area contributed by atoms with Crippen LogP contribution in [0.25, 0.3) is 11.2 Å². The standard InChI is InChI=1S/C27H29N5O4/c1-2-30(21-12-7-4-8-13-21)23(33)18-32-26(34)24-25(28-19-29(24)17-22-14-9-15-36-22)31(27(32)35)16-20-10-5-3-6-11-20/h3,5-6,9-12,14-15,19H,2,4,7-8,13,16-18H2,1H3. The van der Waals surface area contributed by atoms with Gasteiger partial charge in [-0.25, -0.2) is 14.3 Å². The van der Waals surface area contributed by atoms with Crippen LogP contribution in [0.1, 0.15) is 43.9 Å². The molecule has 4 aromatic rings. The molecule has 9 nitrogen and oxygen atoms in total. The zero-order chi connectivity index (χ0) is 25.1. The van der Waals surface area contributed by atoms with Crippen LogP contribution in [0.5, 0.6) is 0 Å². The molecule has 0 unspecified atom stereocenters. The SMILES string of the molecule is CCN(C(=O)Cn1c(=O)c2c(ncn2Cc2ccco2)n(Cc2ccccc2)c1=O)C1=CCCCC1. The van der Waals surface area contributed by atoms with Crippen molar-refractivity contribution in [2.75, 3.05) is 6.54 Å². The summed E-state index contributed by atoms with van der Waals surface area (Å²) in [5.74, 6) is 0.381. The molecule has 0 spiro atoms. The van der Waals surface area contributed by atoms with Gasteiger partial charge in [0, 0.05) is 12.2 Å². The maximum atomic E-state index is 13.7. The second-order valence-electron chi connectivity index (χ2n) is 8.95. The van der Waals surface area contributed by atoms with E-state index in [-0.39, 0.29) is 36.7 Å². The molecule has 0 atom stereocenters. The van der Waals surface area contributed by atoms with E-state index >= 15 is 0 Å². The normalized spacial score (nSPS) is 13.6. The third-order valence-corrected chi connectivity index (χ3v) is 6.60. The van der Waals surface area contributed by atoms with Crippen molar-refractivity contribution in [1.82, 2.24) is 23.6 Å². The fraction of sp³-hybridized carbons (Fsp3) is 0.333. The fourth-order valence-electron chi connectivity index (χ4n) is 4.80. The highest BCUT2D eigenvalue weighted by Gasteiger charge is 2.24. The zero-order valence-electron chi connectivity index (χ0n) is 20.3. The van der Waals surface area contributed by atoms with Gasteiger partial charge in [-0.1, -0.05) is 36.4 Å². The van der Waals surface area contributed by atoms with E-state index in [0.717, 1.165) is 41.5 Å². The van der Waals surface area contributed by atoms with Gasteiger partial charge in [-0.05, 0) is 50.3 Å². The van der Waals surface area contributed by atoms with Crippen molar-refractivity contribution < 1.29 is 9.21 Å². The molecule has 5 rings (SSSR count). The first-order valence-electron chi connectivity index (χ1n) is 12.3. The molecular formula is C27H29N5O4. The number of aromatic nitrogens is 4. The van der Waals surface area contributed by atoms with Crippen molar-refractivity contribution >= 4 is 17.1 Å². The Hall–Kier alpha value is -4.14. The van der Waals surface area contributed by atoms with E-state index in [9.17, 15) is 14.4 Å². The minimum Gasteiger partial charge on any atom is -0.467 e. The lowest BCUT2D eigenvalue weighted by Crippen LogP contribution is -2.45. The number of furan rings is 1. The number of carbonyl (C=O) groups excluding carboxylic acids is 1. The van der Waals surface area contributed by atoms with Crippen LogP contribution in [0, 0.1) is 0 Å². The van der Waals surface area contributed by atoms with E-state index in [1.807, 2.05) is 43.3 Å². The van der Waals surface area contributed by atoms with Gasteiger partial charge in [-0.15, -0.1) is 0 Å². The van der Waals surface area contributed by atoms with Gasteiger partial charge in [0.05, 0.1) is 25.7 Å². The Labute approximate surface area is 207 Å². The molecule has 0 saturated carbocycles. The highest BCUT2D eigenvalue weighted by molar-refractivity contribution is 5.78. The molecule has 1 amide bonds. The molecular weight excluding hydrogens is 458 g/mol. The zero-order valence-corrected chi connectivity index (χ0v) is 20.3. The predicted octanol–water partition coefficient (Wildman–Crippen LogP) is 3.36. The van der Waals surface area contributed by atoms with Gasteiger partial charge in [0.1, 0.15) is 12.3 Å². The molecule has 0 fully saturated rings. The lowest BCUT2D eigenvalue weighted by molar-refractivity contribution is -0.130. The smallest absolute Gasteiger partial charge is 0.333 e. The largest absolute Gasteiger partial charge is 0.467 e. The summed E-state index contributed by atoms with van der Waals surface area (Å²) in [7, 11) is 0. The first-order chi connectivity index (χ1) is 17.6. The van der Waals surface area contributed by atoms with Crippen LogP contribution in [-0.4, -0.2) is 36.0 Å². The lowest BCUT2D eigenvalue weighted by Gasteiger charge is -2.26. The molecule has 0 radical (unpaired) electrons. The van der Waals surface area contributed by atoms with Gasteiger partial charge in [-0.2, -0.15) is 0 Å². The summed E-state index contributed by atoms with van der Waals surface area (Å²) in [5.41, 5.74) is 1.31. The number of allylic oxidation sites excluding steroid dienone is 2. The van der Waals surface area contributed by atoms with Crippen molar-refractivity contribution in [3.05, 3.63) is 99.0 Å². The topological polar surface area (TPSA) is 95.3 Å². The second kappa shape index (κ2) is 10.2. The van der Waals surface area contributed by atoms with E-state index in [0.29, 0.717) is 12.3 Å². The molecule has 186 valence electrons. The van der Waals surface area contributed by atoms with E-state index < -0.39 is 11.2 Å². The highest BCUT2D eigenvalue weighted by atomic mass is 16.3. The van der Waals surface area contributed by atoms with Crippen molar-refractivity contribution in [1.29, 1.82) is 0 Å². The lowest BCUT2D eigenvalue weighted by atomic mass is 10.0. The van der Waals surface area contributed by atoms with Crippen molar-refractivity contribution in [3.63, 3.8) is 0 Å². The molecule has 3 aromatic heterocycles. The maximum absolute atomic E-state index is 13.7. The number of carbonyl (C=O) groups is 1. The number of hydrogen-bond acceptors (Lipinski definition) is 5. The monoisotopic (exact) mass is 487 g/mol. The minimum atomic E-state index is -0.554. The molecule has 0 bridgehead atoms. The van der Waals surface area contributed by atoms with Crippen molar-refractivity contribution in [2.45, 2.75) is 52.2 Å². The first kappa shape index (κ1) is 23.6. The van der Waals surface area contributed by atoms with Crippen LogP contribution < -0.4 is 11.2 Å². The third kappa shape index (κ3) is 4.56. The highest BCUT2D eigenvalue weighted by Crippen LogP contribution is 2.21. The first-order valence-corrected chi connectivity index (χ1v) is 12.3. The van der Waals surface area contributed by atoms with E-state index in [1.54, 1.807) is 21.8 Å². The van der Waals surface area contributed by atoms with Gasteiger partial charge < -0.3 is 13.9 Å². The van der Waals surface area contributed by atoms with E-state index in [4.69, 9.17) is 4.42 Å². The Morgan fingerprint density at radius 2 is 1.89 bits per heavy atom. The summed E-state index contributed by atoms with van der Waals surface area (Å²) >= 11 is 0. The maximum Gasteiger partial charge on any atom is 0.333 e. The summed E-state index contributed by atoms with van der Waals surface area (Å²) in [6.45, 7) is 2.57. The Bertz CT molecular complexity index is 1510. The molecule has 1 aromatic carbocycles.